The summed E-state index contributed by atoms with van der Waals surface area (Å²) in [6.45, 7) is 9.13. The van der Waals surface area contributed by atoms with Gasteiger partial charge in [-0.3, -0.25) is 4.90 Å². The van der Waals surface area contributed by atoms with Gasteiger partial charge >= 0.3 is 0 Å². The Morgan fingerprint density at radius 1 is 1.22 bits per heavy atom. The lowest BCUT2D eigenvalue weighted by molar-refractivity contribution is -0.228. The first-order valence-corrected chi connectivity index (χ1v) is 9.53. The molecule has 1 atom stereocenters. The van der Waals surface area contributed by atoms with Gasteiger partial charge in [0.25, 0.3) is 0 Å². The van der Waals surface area contributed by atoms with E-state index in [0.717, 1.165) is 50.6 Å². The van der Waals surface area contributed by atoms with Crippen LogP contribution in [0.15, 0.2) is 12.3 Å². The van der Waals surface area contributed by atoms with Crippen LogP contribution in [0.4, 0.5) is 5.69 Å². The van der Waals surface area contributed by atoms with Gasteiger partial charge in [0, 0.05) is 31.4 Å². The van der Waals surface area contributed by atoms with E-state index in [1.54, 1.807) is 13.3 Å². The van der Waals surface area contributed by atoms with Gasteiger partial charge in [0.05, 0.1) is 52.7 Å². The van der Waals surface area contributed by atoms with Crippen LogP contribution in [0.5, 0.6) is 5.88 Å². The highest BCUT2D eigenvalue weighted by molar-refractivity contribution is 5.60. The number of ether oxygens (including phenoxy) is 4. The van der Waals surface area contributed by atoms with Crippen molar-refractivity contribution in [1.82, 2.24) is 9.88 Å². The molecule has 3 aliphatic rings. The zero-order chi connectivity index (χ0) is 18.7. The summed E-state index contributed by atoms with van der Waals surface area (Å²) in [5, 5.41) is 0. The molecule has 0 aromatic carbocycles. The fourth-order valence-electron chi connectivity index (χ4n) is 3.79. The van der Waals surface area contributed by atoms with Crippen LogP contribution in [0.3, 0.4) is 0 Å². The SMILES string of the molecule is COc1ncc(C#CCN2CCOCC2)cc1N1CCOC2(COC2)C1C. The molecule has 0 aliphatic carbocycles. The van der Waals surface area contributed by atoms with E-state index >= 15 is 0 Å². The summed E-state index contributed by atoms with van der Waals surface area (Å²) in [6, 6.07) is 2.26. The molecular formula is C20H27N3O4. The predicted octanol–water partition coefficient (Wildman–Crippen LogP) is 0.768. The molecule has 1 aromatic heterocycles. The third-order valence-electron chi connectivity index (χ3n) is 5.62. The summed E-state index contributed by atoms with van der Waals surface area (Å²) in [4.78, 5) is 9.11. The summed E-state index contributed by atoms with van der Waals surface area (Å²) >= 11 is 0. The van der Waals surface area contributed by atoms with Gasteiger partial charge in [0.2, 0.25) is 5.88 Å². The maximum absolute atomic E-state index is 6.03. The minimum Gasteiger partial charge on any atom is -0.480 e. The Hall–Kier alpha value is -1.85. The Labute approximate surface area is 160 Å². The highest BCUT2D eigenvalue weighted by atomic mass is 16.6. The minimum absolute atomic E-state index is 0.187. The fourth-order valence-corrected chi connectivity index (χ4v) is 3.79. The van der Waals surface area contributed by atoms with Gasteiger partial charge in [-0.15, -0.1) is 0 Å². The maximum Gasteiger partial charge on any atom is 0.237 e. The Kier molecular flexibility index (Phi) is 5.50. The van der Waals surface area contributed by atoms with Gasteiger partial charge in [-0.25, -0.2) is 4.98 Å². The van der Waals surface area contributed by atoms with Crippen LogP contribution < -0.4 is 9.64 Å². The first kappa shape index (κ1) is 18.5. The lowest BCUT2D eigenvalue weighted by Gasteiger charge is -2.53. The van der Waals surface area contributed by atoms with E-state index in [2.05, 4.69) is 39.6 Å². The van der Waals surface area contributed by atoms with E-state index < -0.39 is 0 Å². The molecule has 0 radical (unpaired) electrons. The molecule has 0 bridgehead atoms. The summed E-state index contributed by atoms with van der Waals surface area (Å²) < 4.78 is 22.4. The molecule has 3 saturated heterocycles. The minimum atomic E-state index is -0.221. The number of methoxy groups -OCH3 is 1. The Morgan fingerprint density at radius 3 is 2.74 bits per heavy atom. The molecule has 3 fully saturated rings. The third kappa shape index (κ3) is 3.76. The fraction of sp³-hybridized carbons (Fsp3) is 0.650. The second-order valence-electron chi connectivity index (χ2n) is 7.22. The van der Waals surface area contributed by atoms with Crippen molar-refractivity contribution in [3.05, 3.63) is 17.8 Å². The molecule has 0 amide bonds. The largest absolute Gasteiger partial charge is 0.480 e. The number of rotatable bonds is 3. The molecule has 0 saturated carbocycles. The van der Waals surface area contributed by atoms with Crippen molar-refractivity contribution in [3.63, 3.8) is 0 Å². The molecule has 7 heteroatoms. The van der Waals surface area contributed by atoms with Crippen LogP contribution in [0, 0.1) is 11.8 Å². The molecule has 4 heterocycles. The predicted molar refractivity (Wildman–Crippen MR) is 101 cm³/mol. The molecule has 1 unspecified atom stereocenters. The second kappa shape index (κ2) is 8.03. The first-order valence-electron chi connectivity index (χ1n) is 9.53. The smallest absolute Gasteiger partial charge is 0.237 e. The first-order chi connectivity index (χ1) is 13.2. The van der Waals surface area contributed by atoms with Gasteiger partial charge in [0.15, 0.2) is 0 Å². The molecule has 0 N–H and O–H groups in total. The highest BCUT2D eigenvalue weighted by Gasteiger charge is 2.50. The molecule has 27 heavy (non-hydrogen) atoms. The van der Waals surface area contributed by atoms with Gasteiger partial charge in [-0.1, -0.05) is 11.8 Å². The molecule has 3 aliphatic heterocycles. The van der Waals surface area contributed by atoms with E-state index in [9.17, 15) is 0 Å². The number of anilines is 1. The third-order valence-corrected chi connectivity index (χ3v) is 5.62. The van der Waals surface area contributed by atoms with Crippen LogP contribution in [0.1, 0.15) is 12.5 Å². The van der Waals surface area contributed by atoms with Crippen LogP contribution in [-0.2, 0) is 14.2 Å². The summed E-state index contributed by atoms with van der Waals surface area (Å²) in [7, 11) is 1.66. The van der Waals surface area contributed by atoms with Crippen molar-refractivity contribution in [2.24, 2.45) is 0 Å². The van der Waals surface area contributed by atoms with E-state index in [1.807, 2.05) is 0 Å². The Bertz CT molecular complexity index is 720. The van der Waals surface area contributed by atoms with Gasteiger partial charge in [-0.05, 0) is 13.0 Å². The molecule has 4 rings (SSSR count). The Morgan fingerprint density at radius 2 is 2.04 bits per heavy atom. The van der Waals surface area contributed by atoms with Crippen LogP contribution in [-0.4, -0.2) is 87.9 Å². The number of nitrogens with zero attached hydrogens (tertiary/aromatic N) is 3. The van der Waals surface area contributed by atoms with E-state index in [1.165, 1.54) is 0 Å². The highest BCUT2D eigenvalue weighted by Crippen LogP contribution is 2.38. The molecule has 7 nitrogen and oxygen atoms in total. The van der Waals surface area contributed by atoms with Crippen LogP contribution in [0.25, 0.3) is 0 Å². The van der Waals surface area contributed by atoms with Crippen molar-refractivity contribution in [2.45, 2.75) is 18.6 Å². The van der Waals surface area contributed by atoms with E-state index in [0.29, 0.717) is 25.7 Å². The molecule has 146 valence electrons. The topological polar surface area (TPSA) is 56.3 Å². The summed E-state index contributed by atoms with van der Waals surface area (Å²) in [5.74, 6) is 7.14. The number of hydrogen-bond donors (Lipinski definition) is 0. The quantitative estimate of drug-likeness (QED) is 0.726. The average molecular weight is 373 g/mol. The Balaban J connectivity index is 1.52. The maximum atomic E-state index is 6.03. The number of aromatic nitrogens is 1. The second-order valence-corrected chi connectivity index (χ2v) is 7.22. The van der Waals surface area contributed by atoms with Crippen molar-refractivity contribution in [3.8, 4) is 17.7 Å². The lowest BCUT2D eigenvalue weighted by atomic mass is 9.90. The zero-order valence-corrected chi connectivity index (χ0v) is 16.1. The van der Waals surface area contributed by atoms with Crippen molar-refractivity contribution in [2.75, 3.05) is 71.2 Å². The van der Waals surface area contributed by atoms with Crippen molar-refractivity contribution < 1.29 is 18.9 Å². The van der Waals surface area contributed by atoms with Crippen LogP contribution in [0.2, 0.25) is 0 Å². The van der Waals surface area contributed by atoms with Gasteiger partial charge in [-0.2, -0.15) is 0 Å². The monoisotopic (exact) mass is 373 g/mol. The number of pyridine rings is 1. The summed E-state index contributed by atoms with van der Waals surface area (Å²) in [5.41, 5.74) is 1.65. The van der Waals surface area contributed by atoms with Gasteiger partial charge in [0.1, 0.15) is 11.3 Å². The number of hydrogen-bond acceptors (Lipinski definition) is 7. The summed E-state index contributed by atoms with van der Waals surface area (Å²) in [6.07, 6.45) is 1.78. The molecular weight excluding hydrogens is 346 g/mol. The van der Waals surface area contributed by atoms with Gasteiger partial charge < -0.3 is 23.8 Å². The average Bonchev–Trinajstić information content (AvgIpc) is 2.68. The van der Waals surface area contributed by atoms with Crippen LogP contribution >= 0.6 is 0 Å². The van der Waals surface area contributed by atoms with Crippen molar-refractivity contribution in [1.29, 1.82) is 0 Å². The lowest BCUT2D eigenvalue weighted by Crippen LogP contribution is -2.68. The van der Waals surface area contributed by atoms with E-state index in [4.69, 9.17) is 18.9 Å². The normalized spacial score (nSPS) is 24.8. The van der Waals surface area contributed by atoms with Crippen molar-refractivity contribution >= 4 is 5.69 Å². The van der Waals surface area contributed by atoms with E-state index in [-0.39, 0.29) is 11.6 Å². The molecule has 1 aromatic rings. The number of morpholine rings is 2. The molecule has 1 spiro atoms. The standard InChI is InChI=1S/C20H27N3O4/c1-16-20(14-26-15-20)27-11-8-23(16)18-12-17(13-21-19(18)24-2)4-3-5-22-6-9-25-10-7-22/h12-13,16H,5-11,14-15H2,1-2H3. The zero-order valence-electron chi connectivity index (χ0n) is 16.1.